The fourth-order valence-electron chi connectivity index (χ4n) is 3.03. The Labute approximate surface area is 174 Å². The minimum atomic E-state index is -4.42. The first-order chi connectivity index (χ1) is 13.9. The molecule has 1 aromatic heterocycles. The zero-order valence-corrected chi connectivity index (χ0v) is 16.9. The van der Waals surface area contributed by atoms with Crippen molar-refractivity contribution >= 4 is 33.2 Å². The van der Waals surface area contributed by atoms with Gasteiger partial charge in [-0.15, -0.1) is 11.3 Å². The number of carboxylic acid groups (broad SMARTS) is 1. The summed E-state index contributed by atoms with van der Waals surface area (Å²) in [4.78, 5) is 23.6. The molecule has 0 radical (unpaired) electrons. The van der Waals surface area contributed by atoms with Crippen molar-refractivity contribution in [2.75, 3.05) is 6.54 Å². The lowest BCUT2D eigenvalue weighted by atomic mass is 10.1. The number of nitrogens with one attached hydrogen (secondary N) is 2. The van der Waals surface area contributed by atoms with Crippen LogP contribution in [0.25, 0.3) is 0 Å². The summed E-state index contributed by atoms with van der Waals surface area (Å²) in [5.41, 5.74) is -1.02. The van der Waals surface area contributed by atoms with Gasteiger partial charge in [0.1, 0.15) is 9.75 Å². The zero-order chi connectivity index (χ0) is 22.2. The Morgan fingerprint density at radius 2 is 1.83 bits per heavy atom. The van der Waals surface area contributed by atoms with E-state index in [-0.39, 0.29) is 15.5 Å². The Bertz CT molecular complexity index is 1050. The summed E-state index contributed by atoms with van der Waals surface area (Å²) in [5, 5.41) is 11.7. The van der Waals surface area contributed by atoms with Crippen molar-refractivity contribution in [2.24, 2.45) is 0 Å². The molecule has 2 aromatic rings. The summed E-state index contributed by atoms with van der Waals surface area (Å²) in [6.45, 7) is -0.637. The van der Waals surface area contributed by atoms with Crippen molar-refractivity contribution in [3.63, 3.8) is 0 Å². The Morgan fingerprint density at radius 3 is 2.43 bits per heavy atom. The molecule has 162 valence electrons. The first-order valence-electron chi connectivity index (χ1n) is 8.72. The second kappa shape index (κ2) is 8.00. The van der Waals surface area contributed by atoms with Crippen LogP contribution in [0.3, 0.4) is 0 Å². The van der Waals surface area contributed by atoms with Crippen molar-refractivity contribution < 1.29 is 36.3 Å². The molecule has 1 fully saturated rings. The number of aliphatic carboxylic acids is 1. The summed E-state index contributed by atoms with van der Waals surface area (Å²) in [7, 11) is -4.27. The molecule has 1 amide bonds. The van der Waals surface area contributed by atoms with Gasteiger partial charge in [-0.25, -0.2) is 8.42 Å². The van der Waals surface area contributed by atoms with Crippen molar-refractivity contribution in [3.8, 4) is 0 Å². The molecular weight excluding hydrogens is 445 g/mol. The molecular formula is C18H17F3N2O5S2. The van der Waals surface area contributed by atoms with Crippen LogP contribution in [-0.4, -0.2) is 43.7 Å². The van der Waals surface area contributed by atoms with E-state index in [1.807, 2.05) is 0 Å². The van der Waals surface area contributed by atoms with Gasteiger partial charge in [-0.05, 0) is 24.1 Å². The first kappa shape index (κ1) is 22.2. The van der Waals surface area contributed by atoms with Gasteiger partial charge in [0.25, 0.3) is 15.9 Å². The van der Waals surface area contributed by atoms with Crippen LogP contribution in [-0.2, 0) is 14.8 Å². The van der Waals surface area contributed by atoms with E-state index >= 15 is 0 Å². The molecule has 12 heteroatoms. The molecule has 1 aliphatic carbocycles. The maximum absolute atomic E-state index is 12.7. The Morgan fingerprint density at radius 1 is 1.17 bits per heavy atom. The Hall–Kier alpha value is -2.44. The van der Waals surface area contributed by atoms with Crippen molar-refractivity contribution in [1.82, 2.24) is 10.0 Å². The van der Waals surface area contributed by atoms with Crippen LogP contribution in [0.1, 0.15) is 34.0 Å². The third kappa shape index (κ3) is 4.82. The third-order valence-corrected chi connectivity index (χ3v) is 7.71. The Balaban J connectivity index is 1.72. The van der Waals surface area contributed by atoms with E-state index in [1.54, 1.807) is 30.3 Å². The smallest absolute Gasteiger partial charge is 0.390 e. The minimum absolute atomic E-state index is 0.0712. The van der Waals surface area contributed by atoms with Gasteiger partial charge in [0, 0.05) is 12.5 Å². The average molecular weight is 462 g/mol. The number of carboxylic acids is 1. The summed E-state index contributed by atoms with van der Waals surface area (Å²) in [5.74, 6) is -2.70. The predicted molar refractivity (Wildman–Crippen MR) is 102 cm³/mol. The molecule has 1 aliphatic rings. The molecule has 3 rings (SSSR count). The number of rotatable bonds is 8. The monoisotopic (exact) mass is 462 g/mol. The maximum Gasteiger partial charge on any atom is 0.390 e. The fraction of sp³-hybridized carbons (Fsp3) is 0.333. The lowest BCUT2D eigenvalue weighted by molar-refractivity contribution is -0.140. The summed E-state index contributed by atoms with van der Waals surface area (Å²) < 4.78 is 63.8. The number of alkyl halides is 3. The van der Waals surface area contributed by atoms with Gasteiger partial charge >= 0.3 is 12.1 Å². The summed E-state index contributed by atoms with van der Waals surface area (Å²) in [6.07, 6.45) is -5.56. The average Bonchev–Trinajstić information content (AvgIpc) is 3.14. The molecule has 1 aromatic carbocycles. The number of halogens is 3. The van der Waals surface area contributed by atoms with Crippen LogP contribution in [0, 0.1) is 0 Å². The van der Waals surface area contributed by atoms with Gasteiger partial charge < -0.3 is 10.4 Å². The molecule has 1 unspecified atom stereocenters. The number of hydrogen-bond donors (Lipinski definition) is 3. The minimum Gasteiger partial charge on any atom is -0.480 e. The molecule has 1 saturated carbocycles. The quantitative estimate of drug-likeness (QED) is 0.559. The van der Waals surface area contributed by atoms with E-state index in [4.69, 9.17) is 0 Å². The van der Waals surface area contributed by atoms with Crippen LogP contribution in [0.4, 0.5) is 13.2 Å². The van der Waals surface area contributed by atoms with Crippen LogP contribution in [0.15, 0.2) is 46.7 Å². The van der Waals surface area contributed by atoms with E-state index in [9.17, 15) is 36.3 Å². The SMILES string of the molecule is O=C(NCCC(F)(F)F)c1ccc(S(=O)(=O)NC2(C(=O)O)C[C@H]2c2ccccc2)s1. The van der Waals surface area contributed by atoms with E-state index < -0.39 is 52.5 Å². The number of hydrogen-bond acceptors (Lipinski definition) is 5. The Kier molecular flexibility index (Phi) is 5.94. The predicted octanol–water partition coefficient (Wildman–Crippen LogP) is 2.72. The summed E-state index contributed by atoms with van der Waals surface area (Å²) >= 11 is 0.546. The molecule has 0 saturated heterocycles. The van der Waals surface area contributed by atoms with E-state index in [2.05, 4.69) is 10.0 Å². The third-order valence-electron chi connectivity index (χ3n) is 4.62. The van der Waals surface area contributed by atoms with Crippen LogP contribution in [0.5, 0.6) is 0 Å². The van der Waals surface area contributed by atoms with Gasteiger partial charge in [0.15, 0.2) is 0 Å². The maximum atomic E-state index is 12.7. The van der Waals surface area contributed by atoms with E-state index in [0.29, 0.717) is 16.9 Å². The van der Waals surface area contributed by atoms with E-state index in [1.165, 1.54) is 0 Å². The molecule has 0 aliphatic heterocycles. The molecule has 0 bridgehead atoms. The highest BCUT2D eigenvalue weighted by molar-refractivity contribution is 7.91. The number of carbonyl (C=O) groups excluding carboxylic acids is 1. The van der Waals surface area contributed by atoms with Gasteiger partial charge in [0.2, 0.25) is 0 Å². The second-order valence-corrected chi connectivity index (χ2v) is 9.78. The van der Waals surface area contributed by atoms with Crippen LogP contribution < -0.4 is 10.0 Å². The van der Waals surface area contributed by atoms with Crippen LogP contribution >= 0.6 is 11.3 Å². The van der Waals surface area contributed by atoms with Crippen molar-refractivity contribution in [2.45, 2.75) is 34.7 Å². The molecule has 2 atom stereocenters. The number of sulfonamides is 1. The number of thiophene rings is 1. The summed E-state index contributed by atoms with van der Waals surface area (Å²) in [6, 6.07) is 10.9. The van der Waals surface area contributed by atoms with Crippen molar-refractivity contribution in [3.05, 3.63) is 52.9 Å². The highest BCUT2D eigenvalue weighted by atomic mass is 32.2. The highest BCUT2D eigenvalue weighted by Gasteiger charge is 2.63. The molecule has 7 nitrogen and oxygen atoms in total. The van der Waals surface area contributed by atoms with Gasteiger partial charge in [-0.1, -0.05) is 30.3 Å². The number of benzene rings is 1. The highest BCUT2D eigenvalue weighted by Crippen LogP contribution is 2.52. The normalized spacial score (nSPS) is 21.2. The van der Waals surface area contributed by atoms with Gasteiger partial charge in [0.05, 0.1) is 11.3 Å². The first-order valence-corrected chi connectivity index (χ1v) is 11.0. The lowest BCUT2D eigenvalue weighted by Crippen LogP contribution is -2.44. The van der Waals surface area contributed by atoms with Crippen molar-refractivity contribution in [1.29, 1.82) is 0 Å². The lowest BCUT2D eigenvalue weighted by Gasteiger charge is -2.14. The largest absolute Gasteiger partial charge is 0.480 e. The molecule has 1 heterocycles. The fourth-order valence-corrected chi connectivity index (χ4v) is 5.65. The van der Waals surface area contributed by atoms with Crippen LogP contribution in [0.2, 0.25) is 0 Å². The molecule has 3 N–H and O–H groups in total. The standard InChI is InChI=1S/C18H17F3N2O5S2/c19-18(20,21)8-9-22-15(24)13-6-7-14(29-13)30(27,28)23-17(16(25)26)10-12(17)11-4-2-1-3-5-11/h1-7,12,23H,8-10H2,(H,22,24)(H,25,26)/t12-,17?/m0/s1. The van der Waals surface area contributed by atoms with E-state index in [0.717, 1.165) is 12.1 Å². The van der Waals surface area contributed by atoms with Gasteiger partial charge in [-0.3, -0.25) is 9.59 Å². The number of amides is 1. The molecule has 0 spiro atoms. The second-order valence-electron chi connectivity index (χ2n) is 6.79. The van der Waals surface area contributed by atoms with Gasteiger partial charge in [-0.2, -0.15) is 17.9 Å². The molecule has 30 heavy (non-hydrogen) atoms. The number of carbonyl (C=O) groups is 2. The topological polar surface area (TPSA) is 113 Å². The zero-order valence-electron chi connectivity index (χ0n) is 15.3.